The van der Waals surface area contributed by atoms with E-state index in [4.69, 9.17) is 11.5 Å². The van der Waals surface area contributed by atoms with E-state index >= 15 is 0 Å². The van der Waals surface area contributed by atoms with Gasteiger partial charge in [0.2, 0.25) is 0 Å². The second kappa shape index (κ2) is 3.49. The van der Waals surface area contributed by atoms with Crippen molar-refractivity contribution in [1.29, 1.82) is 0 Å². The van der Waals surface area contributed by atoms with Gasteiger partial charge in [0.25, 0.3) is 0 Å². The smallest absolute Gasteiger partial charge is 0.313 e. The quantitative estimate of drug-likeness (QED) is 0.652. The Bertz CT molecular complexity index is 307. The molecule has 2 heteroatoms. The van der Waals surface area contributed by atoms with E-state index in [-0.39, 0.29) is 5.92 Å². The van der Waals surface area contributed by atoms with Crippen LogP contribution in [0, 0.1) is 23.7 Å². The van der Waals surface area contributed by atoms with Gasteiger partial charge in [-0.05, 0) is 6.92 Å². The largest absolute Gasteiger partial charge is 0.481 e. The van der Waals surface area contributed by atoms with Crippen LogP contribution in [0.2, 0.25) is 0 Å². The molecule has 0 radical (unpaired) electrons. The van der Waals surface area contributed by atoms with Crippen molar-refractivity contribution in [1.82, 2.24) is 0 Å². The number of hydrogen-bond acceptors (Lipinski definition) is 1. The Labute approximate surface area is 78.0 Å². The lowest BCUT2D eigenvalue weighted by molar-refractivity contribution is -0.147. The Balaban J connectivity index is 2.95. The van der Waals surface area contributed by atoms with E-state index in [0.29, 0.717) is 6.42 Å². The van der Waals surface area contributed by atoms with Gasteiger partial charge in [0, 0.05) is 12.3 Å². The number of hydrogen-bond donors (Lipinski definition) is 1. The first-order valence-corrected chi connectivity index (χ1v) is 4.14. The molecule has 0 amide bonds. The van der Waals surface area contributed by atoms with Crippen LogP contribution in [0.25, 0.3) is 0 Å². The Morgan fingerprint density at radius 1 is 1.69 bits per heavy atom. The maximum absolute atomic E-state index is 11.0. The summed E-state index contributed by atoms with van der Waals surface area (Å²) in [5.41, 5.74) is -0.846. The lowest BCUT2D eigenvalue weighted by Crippen LogP contribution is -2.34. The Morgan fingerprint density at radius 3 is 2.92 bits per heavy atom. The normalized spacial score (nSPS) is 31.2. The minimum atomic E-state index is -0.846. The van der Waals surface area contributed by atoms with E-state index in [1.54, 1.807) is 19.1 Å². The Morgan fingerprint density at radius 2 is 2.38 bits per heavy atom. The molecule has 1 N–H and O–H groups in total. The molecule has 1 aliphatic carbocycles. The third-order valence-electron chi connectivity index (χ3n) is 2.47. The van der Waals surface area contributed by atoms with Gasteiger partial charge in [0.05, 0.1) is 5.41 Å². The van der Waals surface area contributed by atoms with Crippen LogP contribution < -0.4 is 0 Å². The number of allylic oxidation sites excluding steroid dienone is 3. The van der Waals surface area contributed by atoms with E-state index < -0.39 is 11.4 Å². The highest BCUT2D eigenvalue weighted by Crippen LogP contribution is 2.35. The van der Waals surface area contributed by atoms with E-state index in [1.165, 1.54) is 0 Å². The number of rotatable bonds is 2. The van der Waals surface area contributed by atoms with Gasteiger partial charge in [-0.2, -0.15) is 0 Å². The monoisotopic (exact) mass is 176 g/mol. The fourth-order valence-electron chi connectivity index (χ4n) is 1.41. The third kappa shape index (κ3) is 1.65. The number of carboxylic acids is 1. The minimum Gasteiger partial charge on any atom is -0.481 e. The zero-order valence-electron chi connectivity index (χ0n) is 7.53. The molecule has 0 saturated carbocycles. The number of carbonyl (C=O) groups is 1. The standard InChI is InChI=1S/C11H12O2/c1-3-6-9-7-4-5-8-11(9,2)10(12)13/h1,4-5,7-9H,6H2,2H3,(H,12,13)/t9?,11-/m1/s1. The Kier molecular flexibility index (Phi) is 2.57. The average molecular weight is 176 g/mol. The molecule has 2 nitrogen and oxygen atoms in total. The van der Waals surface area contributed by atoms with E-state index in [2.05, 4.69) is 5.92 Å². The lowest BCUT2D eigenvalue weighted by atomic mass is 9.73. The highest BCUT2D eigenvalue weighted by molar-refractivity contribution is 5.78. The molecule has 2 atom stereocenters. The summed E-state index contributed by atoms with van der Waals surface area (Å²) < 4.78 is 0. The van der Waals surface area contributed by atoms with Crippen LogP contribution in [-0.2, 0) is 4.79 Å². The highest BCUT2D eigenvalue weighted by atomic mass is 16.4. The summed E-state index contributed by atoms with van der Waals surface area (Å²) in [5, 5.41) is 9.04. The molecule has 0 saturated heterocycles. The van der Waals surface area contributed by atoms with Crippen molar-refractivity contribution in [3.63, 3.8) is 0 Å². The molecular formula is C11H12O2. The molecule has 0 heterocycles. The molecule has 1 unspecified atom stereocenters. The number of carboxylic acid groups (broad SMARTS) is 1. The molecule has 0 fully saturated rings. The Hall–Kier alpha value is -1.49. The van der Waals surface area contributed by atoms with Crippen molar-refractivity contribution in [2.45, 2.75) is 13.3 Å². The summed E-state index contributed by atoms with van der Waals surface area (Å²) in [6.07, 6.45) is 12.8. The van der Waals surface area contributed by atoms with Gasteiger partial charge in [-0.3, -0.25) is 4.79 Å². The molecule has 0 aromatic heterocycles. The predicted molar refractivity (Wildman–Crippen MR) is 51.0 cm³/mol. The molecular weight excluding hydrogens is 164 g/mol. The van der Waals surface area contributed by atoms with Crippen molar-refractivity contribution < 1.29 is 9.90 Å². The molecule has 0 spiro atoms. The summed E-state index contributed by atoms with van der Waals surface area (Å²) in [5.74, 6) is 1.58. The van der Waals surface area contributed by atoms with Crippen LogP contribution in [0.1, 0.15) is 13.3 Å². The fraction of sp³-hybridized carbons (Fsp3) is 0.364. The van der Waals surface area contributed by atoms with Crippen LogP contribution in [-0.4, -0.2) is 11.1 Å². The van der Waals surface area contributed by atoms with Crippen molar-refractivity contribution in [2.75, 3.05) is 0 Å². The van der Waals surface area contributed by atoms with Gasteiger partial charge in [0.15, 0.2) is 0 Å². The van der Waals surface area contributed by atoms with E-state index in [0.717, 1.165) is 0 Å². The summed E-state index contributed by atoms with van der Waals surface area (Å²) >= 11 is 0. The molecule has 1 aliphatic rings. The first-order valence-electron chi connectivity index (χ1n) is 4.14. The van der Waals surface area contributed by atoms with Gasteiger partial charge in [-0.15, -0.1) is 12.3 Å². The first-order chi connectivity index (χ1) is 6.11. The number of terminal acetylenes is 1. The van der Waals surface area contributed by atoms with Gasteiger partial charge < -0.3 is 5.11 Å². The van der Waals surface area contributed by atoms with Gasteiger partial charge in [0.1, 0.15) is 0 Å². The lowest BCUT2D eigenvalue weighted by Gasteiger charge is -2.29. The molecule has 13 heavy (non-hydrogen) atoms. The minimum absolute atomic E-state index is 0.0972. The maximum Gasteiger partial charge on any atom is 0.313 e. The molecule has 0 aromatic carbocycles. The summed E-state index contributed by atoms with van der Waals surface area (Å²) in [4.78, 5) is 11.0. The molecule has 68 valence electrons. The van der Waals surface area contributed by atoms with Crippen LogP contribution in [0.3, 0.4) is 0 Å². The van der Waals surface area contributed by atoms with Crippen molar-refractivity contribution in [3.05, 3.63) is 24.3 Å². The summed E-state index contributed by atoms with van der Waals surface area (Å²) in [6.45, 7) is 1.69. The van der Waals surface area contributed by atoms with Crippen LogP contribution in [0.5, 0.6) is 0 Å². The van der Waals surface area contributed by atoms with Crippen LogP contribution >= 0.6 is 0 Å². The van der Waals surface area contributed by atoms with Crippen molar-refractivity contribution in [2.24, 2.45) is 11.3 Å². The summed E-state index contributed by atoms with van der Waals surface area (Å²) in [6, 6.07) is 0. The second-order valence-corrected chi connectivity index (χ2v) is 3.35. The first kappa shape index (κ1) is 9.60. The molecule has 0 aliphatic heterocycles. The molecule has 1 rings (SSSR count). The molecule has 0 bridgehead atoms. The average Bonchev–Trinajstić information content (AvgIpc) is 2.09. The van der Waals surface area contributed by atoms with Gasteiger partial charge in [-0.1, -0.05) is 24.3 Å². The van der Waals surface area contributed by atoms with E-state index in [9.17, 15) is 4.79 Å². The van der Waals surface area contributed by atoms with E-state index in [1.807, 2.05) is 12.2 Å². The van der Waals surface area contributed by atoms with Crippen LogP contribution in [0.15, 0.2) is 24.3 Å². The predicted octanol–water partition coefficient (Wildman–Crippen LogP) is 1.84. The van der Waals surface area contributed by atoms with Crippen LogP contribution in [0.4, 0.5) is 0 Å². The summed E-state index contributed by atoms with van der Waals surface area (Å²) in [7, 11) is 0. The highest BCUT2D eigenvalue weighted by Gasteiger charge is 2.38. The zero-order chi connectivity index (χ0) is 9.90. The van der Waals surface area contributed by atoms with Gasteiger partial charge >= 0.3 is 5.97 Å². The van der Waals surface area contributed by atoms with Crippen molar-refractivity contribution >= 4 is 5.97 Å². The maximum atomic E-state index is 11.0. The van der Waals surface area contributed by atoms with Crippen molar-refractivity contribution in [3.8, 4) is 12.3 Å². The fourth-order valence-corrected chi connectivity index (χ4v) is 1.41. The van der Waals surface area contributed by atoms with Gasteiger partial charge in [-0.25, -0.2) is 0 Å². The second-order valence-electron chi connectivity index (χ2n) is 3.35. The zero-order valence-corrected chi connectivity index (χ0v) is 7.53. The number of aliphatic carboxylic acids is 1. The topological polar surface area (TPSA) is 37.3 Å². The third-order valence-corrected chi connectivity index (χ3v) is 2.47. The SMILES string of the molecule is C#CCC1C=CC=C[C@@]1(C)C(=O)O. The molecule has 0 aromatic rings.